The highest BCUT2D eigenvalue weighted by molar-refractivity contribution is 8.79. The summed E-state index contributed by atoms with van der Waals surface area (Å²) in [5, 5.41) is 0.133. The van der Waals surface area contributed by atoms with Crippen molar-refractivity contribution in [3.8, 4) is 0 Å². The lowest BCUT2D eigenvalue weighted by molar-refractivity contribution is 0.0898. The average molecular weight is 785 g/mol. The van der Waals surface area contributed by atoms with Crippen molar-refractivity contribution in [2.75, 3.05) is 42.7 Å². The van der Waals surface area contributed by atoms with Crippen molar-refractivity contribution in [3.05, 3.63) is 104 Å². The van der Waals surface area contributed by atoms with E-state index < -0.39 is 27.7 Å². The highest BCUT2D eigenvalue weighted by Crippen LogP contribution is 2.64. The van der Waals surface area contributed by atoms with Gasteiger partial charge in [0.2, 0.25) is 0 Å². The van der Waals surface area contributed by atoms with Crippen LogP contribution >= 0.6 is 44.3 Å². The quantitative estimate of drug-likeness (QED) is 0.0967. The number of para-hydroxylation sites is 2. The van der Waals surface area contributed by atoms with Gasteiger partial charge in [-0.15, -0.1) is 22.7 Å². The summed E-state index contributed by atoms with van der Waals surface area (Å²) in [5.74, 6) is -0.137. The topological polar surface area (TPSA) is 81.2 Å². The summed E-state index contributed by atoms with van der Waals surface area (Å²) in [7, 11) is 6.49. The smallest absolute Gasteiger partial charge is 0.376 e. The van der Waals surface area contributed by atoms with E-state index in [1.165, 1.54) is 0 Å². The lowest BCUT2D eigenvalue weighted by atomic mass is 9.86. The molecule has 266 valence electrons. The molecule has 0 saturated heterocycles. The maximum absolute atomic E-state index is 6.44. The fourth-order valence-electron chi connectivity index (χ4n) is 7.63. The zero-order valence-corrected chi connectivity index (χ0v) is 35.3. The maximum atomic E-state index is 6.44. The molecule has 0 aliphatic heterocycles. The van der Waals surface area contributed by atoms with Crippen molar-refractivity contribution in [3.63, 3.8) is 0 Å². The van der Waals surface area contributed by atoms with E-state index in [-0.39, 0.29) is 11.8 Å². The van der Waals surface area contributed by atoms with Crippen LogP contribution in [0.4, 0.5) is 0 Å². The minimum absolute atomic E-state index is 0.0685. The molecule has 0 saturated carbocycles. The Hall–Kier alpha value is -1.93. The molecule has 0 radical (unpaired) electrons. The monoisotopic (exact) mass is 784 g/mol. The molecule has 0 fully saturated rings. The fourth-order valence-corrected chi connectivity index (χ4v) is 21.9. The number of fused-ring (bicyclic) bond motifs is 2. The molecule has 0 bridgehead atoms. The second-order valence-corrected chi connectivity index (χ2v) is 22.9. The van der Waals surface area contributed by atoms with Crippen LogP contribution in [-0.4, -0.2) is 70.2 Å². The Labute approximate surface area is 313 Å². The number of thiazole rings is 2. The molecule has 0 amide bonds. The van der Waals surface area contributed by atoms with Gasteiger partial charge in [0.15, 0.2) is 0 Å². The summed E-state index contributed by atoms with van der Waals surface area (Å²) in [6.45, 7) is 8.72. The van der Waals surface area contributed by atoms with E-state index in [1.807, 2.05) is 24.3 Å². The lowest BCUT2D eigenvalue weighted by Gasteiger charge is -2.49. The number of nitrogens with zero attached hydrogens (tertiary/aromatic N) is 2. The van der Waals surface area contributed by atoms with Crippen LogP contribution in [-0.2, 0) is 36.6 Å². The summed E-state index contributed by atoms with van der Waals surface area (Å²) in [5.41, 5.74) is 4.06. The summed E-state index contributed by atoms with van der Waals surface area (Å²) in [6, 6.07) is 16.5. The third-order valence-corrected chi connectivity index (χ3v) is 23.2. The van der Waals surface area contributed by atoms with Crippen molar-refractivity contribution in [1.29, 1.82) is 0 Å². The van der Waals surface area contributed by atoms with Gasteiger partial charge in [-0.1, -0.05) is 84.0 Å². The van der Waals surface area contributed by atoms with Gasteiger partial charge in [-0.05, 0) is 61.1 Å². The van der Waals surface area contributed by atoms with Crippen molar-refractivity contribution >= 4 is 82.3 Å². The Bertz CT molecular complexity index is 1780. The van der Waals surface area contributed by atoms with Gasteiger partial charge < -0.3 is 26.6 Å². The van der Waals surface area contributed by atoms with Crippen LogP contribution in [0.1, 0.15) is 37.7 Å². The van der Waals surface area contributed by atoms with Crippen LogP contribution in [0.25, 0.3) is 20.4 Å². The first-order valence-electron chi connectivity index (χ1n) is 16.3. The molecular weight excluding hydrogens is 741 g/mol. The van der Waals surface area contributed by atoms with E-state index in [9.17, 15) is 0 Å². The first-order chi connectivity index (χ1) is 24.1. The predicted octanol–water partition coefficient (Wildman–Crippen LogP) is 9.26. The molecule has 2 aliphatic carbocycles. The molecule has 4 atom stereocenters. The zero-order chi connectivity index (χ0) is 35.9. The van der Waals surface area contributed by atoms with E-state index in [0.717, 1.165) is 51.4 Å². The molecule has 0 N–H and O–H groups in total. The Morgan fingerprint density at radius 3 is 1.24 bits per heavy atom. The molecule has 50 heavy (non-hydrogen) atoms. The maximum Gasteiger partial charge on any atom is 0.519 e. The predicted molar refractivity (Wildman–Crippen MR) is 213 cm³/mol. The Morgan fingerprint density at radius 1 is 0.580 bits per heavy atom. The number of aromatic nitrogens is 2. The minimum atomic E-state index is -3.54. The molecule has 0 spiro atoms. The summed E-state index contributed by atoms with van der Waals surface area (Å²) < 4.78 is 40.9. The molecule has 6 rings (SSSR count). The van der Waals surface area contributed by atoms with Gasteiger partial charge in [-0.2, -0.15) is 0 Å². The minimum Gasteiger partial charge on any atom is -0.376 e. The number of allylic oxidation sites excluding steroid dienone is 8. The molecule has 14 heteroatoms. The third-order valence-electron chi connectivity index (χ3n) is 10.1. The van der Waals surface area contributed by atoms with Crippen molar-refractivity contribution in [1.82, 2.24) is 9.97 Å². The second kappa shape index (κ2) is 14.8. The van der Waals surface area contributed by atoms with E-state index in [0.29, 0.717) is 0 Å². The van der Waals surface area contributed by atoms with Crippen molar-refractivity contribution in [2.45, 2.75) is 37.8 Å². The highest BCUT2D eigenvalue weighted by atomic mass is 33.1. The molecule has 2 aliphatic rings. The summed E-state index contributed by atoms with van der Waals surface area (Å²) >= 11 is 3.34. The van der Waals surface area contributed by atoms with Crippen LogP contribution in [0.5, 0.6) is 0 Å². The van der Waals surface area contributed by atoms with Gasteiger partial charge in [0.1, 0.15) is 20.1 Å². The standard InChI is InChI=1S/C36H44N2O6S4Si2/c1-23-19-21-25(3)35(49(39-5,40-6)41-7,33-37-27-15-11-13-17-29(27)45-33)31(23)47-48-32-24(2)20-22-26(4)36(32,50(42-8,43-9)44-10)34-38-28-16-12-14-18-30(28)46-34/h11-22,25-26H,1-10H3. The van der Waals surface area contributed by atoms with Crippen LogP contribution < -0.4 is 0 Å². The molecule has 8 nitrogen and oxygen atoms in total. The van der Waals surface area contributed by atoms with Gasteiger partial charge in [-0.25, -0.2) is 9.97 Å². The van der Waals surface area contributed by atoms with Crippen LogP contribution in [0.2, 0.25) is 0 Å². The summed E-state index contributed by atoms with van der Waals surface area (Å²) in [4.78, 5) is 12.7. The third kappa shape index (κ3) is 5.45. The van der Waals surface area contributed by atoms with E-state index in [1.54, 1.807) is 86.9 Å². The Kier molecular flexibility index (Phi) is 11.2. The Balaban J connectivity index is 1.59. The van der Waals surface area contributed by atoms with Crippen molar-refractivity contribution < 1.29 is 26.6 Å². The Morgan fingerprint density at radius 2 is 0.920 bits per heavy atom. The number of rotatable bonds is 13. The first-order valence-corrected chi connectivity index (χ1v) is 23.5. The molecule has 2 heterocycles. The molecule has 4 unspecified atom stereocenters. The molecule has 2 aromatic carbocycles. The van der Waals surface area contributed by atoms with E-state index in [2.05, 4.69) is 76.3 Å². The van der Waals surface area contributed by atoms with Gasteiger partial charge in [0.05, 0.1) is 20.4 Å². The van der Waals surface area contributed by atoms with Crippen LogP contribution in [0.3, 0.4) is 0 Å². The SMILES string of the molecule is CO[Si](OC)(OC)C1(c2nc3ccccc3s2)C(SSC2=C(C)C=CC(C)C2(c2nc3ccccc3s2)[Si](OC)(OC)OC)=C(C)C=CC1C. The zero-order valence-electron chi connectivity index (χ0n) is 30.1. The fraction of sp³-hybridized carbons (Fsp3) is 0.389. The number of hydrogen-bond donors (Lipinski definition) is 0. The van der Waals surface area contributed by atoms with Crippen LogP contribution in [0.15, 0.2) is 93.8 Å². The van der Waals surface area contributed by atoms with Gasteiger partial charge >= 0.3 is 17.6 Å². The number of benzene rings is 2. The average Bonchev–Trinajstić information content (AvgIpc) is 3.78. The molecule has 4 aromatic rings. The van der Waals surface area contributed by atoms with Crippen molar-refractivity contribution in [2.24, 2.45) is 11.8 Å². The highest BCUT2D eigenvalue weighted by Gasteiger charge is 2.70. The van der Waals surface area contributed by atoms with Gasteiger partial charge in [0.25, 0.3) is 0 Å². The summed E-state index contributed by atoms with van der Waals surface area (Å²) in [6.07, 6.45) is 8.86. The number of hydrogen-bond acceptors (Lipinski definition) is 12. The normalized spacial score (nSPS) is 24.7. The van der Waals surface area contributed by atoms with Gasteiger partial charge in [0, 0.05) is 52.5 Å². The van der Waals surface area contributed by atoms with Gasteiger partial charge in [-0.3, -0.25) is 0 Å². The van der Waals surface area contributed by atoms with Crippen LogP contribution in [0, 0.1) is 11.8 Å². The van der Waals surface area contributed by atoms with E-state index >= 15 is 0 Å². The lowest BCUT2D eigenvalue weighted by Crippen LogP contribution is -2.65. The molecular formula is C36H44N2O6S4Si2. The molecule has 2 aromatic heterocycles. The first kappa shape index (κ1) is 37.8. The largest absolute Gasteiger partial charge is 0.519 e. The second-order valence-electron chi connectivity index (χ2n) is 12.4. The van der Waals surface area contributed by atoms with E-state index in [4.69, 9.17) is 36.5 Å².